The maximum Gasteiger partial charge on any atom is 0.199 e. The molecule has 0 saturated heterocycles. The number of rotatable bonds is 5. The van der Waals surface area contributed by atoms with Crippen LogP contribution in [0.25, 0.3) is 0 Å². The summed E-state index contributed by atoms with van der Waals surface area (Å²) in [5.41, 5.74) is 0. The molecular formula is C8H16O3. The van der Waals surface area contributed by atoms with E-state index in [4.69, 9.17) is 9.47 Å². The summed E-state index contributed by atoms with van der Waals surface area (Å²) in [4.78, 5) is 0. The molecule has 11 heavy (non-hydrogen) atoms. The number of aliphatic hydroxyl groups is 1. The first-order chi connectivity index (χ1) is 5.02. The first-order valence-electron chi connectivity index (χ1n) is 3.68. The molecule has 0 fully saturated rings. The van der Waals surface area contributed by atoms with E-state index in [0.717, 1.165) is 0 Å². The largest absolute Gasteiger partial charge is 0.473 e. The lowest BCUT2D eigenvalue weighted by molar-refractivity contribution is -0.265. The molecule has 0 aliphatic heterocycles. The molecule has 0 radical (unpaired) electrons. The first-order valence-corrected chi connectivity index (χ1v) is 3.68. The standard InChI is InChI=1S/C8H16O3/c1-5-8(4,9)11-7(3)10-6-2/h6-7,9H,2,5H2,1,3-4H3. The summed E-state index contributed by atoms with van der Waals surface area (Å²) in [6, 6.07) is 0. The van der Waals surface area contributed by atoms with Crippen molar-refractivity contribution in [3.05, 3.63) is 12.8 Å². The Labute approximate surface area is 67.6 Å². The number of hydrogen-bond acceptors (Lipinski definition) is 3. The van der Waals surface area contributed by atoms with Gasteiger partial charge in [-0.2, -0.15) is 0 Å². The zero-order chi connectivity index (χ0) is 8.91. The van der Waals surface area contributed by atoms with Gasteiger partial charge in [0.1, 0.15) is 0 Å². The van der Waals surface area contributed by atoms with Crippen LogP contribution in [0.5, 0.6) is 0 Å². The summed E-state index contributed by atoms with van der Waals surface area (Å²) in [5, 5.41) is 9.38. The molecule has 0 amide bonds. The van der Waals surface area contributed by atoms with Gasteiger partial charge in [-0.25, -0.2) is 0 Å². The molecule has 0 bridgehead atoms. The third-order valence-corrected chi connectivity index (χ3v) is 1.36. The highest BCUT2D eigenvalue weighted by atomic mass is 16.7. The van der Waals surface area contributed by atoms with Gasteiger partial charge in [-0.15, -0.1) is 0 Å². The van der Waals surface area contributed by atoms with E-state index in [1.54, 1.807) is 13.8 Å². The van der Waals surface area contributed by atoms with Crippen LogP contribution in [-0.4, -0.2) is 17.2 Å². The van der Waals surface area contributed by atoms with E-state index in [-0.39, 0.29) is 0 Å². The number of hydrogen-bond donors (Lipinski definition) is 1. The molecule has 3 heteroatoms. The van der Waals surface area contributed by atoms with Gasteiger partial charge in [0.05, 0.1) is 6.26 Å². The minimum Gasteiger partial charge on any atom is -0.473 e. The molecule has 0 rings (SSSR count). The Hall–Kier alpha value is -0.540. The Bertz CT molecular complexity index is 121. The van der Waals surface area contributed by atoms with Crippen LogP contribution < -0.4 is 0 Å². The molecule has 3 nitrogen and oxygen atoms in total. The van der Waals surface area contributed by atoms with Gasteiger partial charge < -0.3 is 14.6 Å². The average Bonchev–Trinajstić information content (AvgIpc) is 1.87. The van der Waals surface area contributed by atoms with Gasteiger partial charge in [0.2, 0.25) is 0 Å². The van der Waals surface area contributed by atoms with Gasteiger partial charge in [0, 0.05) is 0 Å². The lowest BCUT2D eigenvalue weighted by Gasteiger charge is -2.25. The Balaban J connectivity index is 3.72. The third kappa shape index (κ3) is 4.81. The van der Waals surface area contributed by atoms with E-state index in [1.807, 2.05) is 6.92 Å². The highest BCUT2D eigenvalue weighted by molar-refractivity contribution is 4.57. The van der Waals surface area contributed by atoms with Crippen molar-refractivity contribution in [2.24, 2.45) is 0 Å². The van der Waals surface area contributed by atoms with Crippen molar-refractivity contribution in [1.29, 1.82) is 0 Å². The molecule has 2 atom stereocenters. The molecule has 0 aromatic carbocycles. The van der Waals surface area contributed by atoms with Crippen LogP contribution in [0.15, 0.2) is 12.8 Å². The lowest BCUT2D eigenvalue weighted by atomic mass is 10.2. The van der Waals surface area contributed by atoms with Crippen LogP contribution in [0.2, 0.25) is 0 Å². The second-order valence-electron chi connectivity index (χ2n) is 2.52. The van der Waals surface area contributed by atoms with E-state index >= 15 is 0 Å². The van der Waals surface area contributed by atoms with Crippen LogP contribution in [-0.2, 0) is 9.47 Å². The SMILES string of the molecule is C=COC(C)OC(C)(O)CC. The fourth-order valence-electron chi connectivity index (χ4n) is 0.604. The van der Waals surface area contributed by atoms with Gasteiger partial charge in [-0.1, -0.05) is 13.5 Å². The van der Waals surface area contributed by atoms with Gasteiger partial charge in [-0.3, -0.25) is 0 Å². The fourth-order valence-corrected chi connectivity index (χ4v) is 0.604. The highest BCUT2D eigenvalue weighted by Crippen LogP contribution is 2.13. The molecule has 66 valence electrons. The molecule has 0 aromatic heterocycles. The van der Waals surface area contributed by atoms with Gasteiger partial charge in [0.15, 0.2) is 12.1 Å². The molecule has 0 saturated carbocycles. The lowest BCUT2D eigenvalue weighted by Crippen LogP contribution is -2.32. The highest BCUT2D eigenvalue weighted by Gasteiger charge is 2.21. The van der Waals surface area contributed by atoms with Crippen LogP contribution in [0.4, 0.5) is 0 Å². The predicted octanol–water partition coefficient (Wildman–Crippen LogP) is 1.63. The smallest absolute Gasteiger partial charge is 0.199 e. The molecule has 0 heterocycles. The topological polar surface area (TPSA) is 38.7 Å². The summed E-state index contributed by atoms with van der Waals surface area (Å²) in [5.74, 6) is -1.11. The van der Waals surface area contributed by atoms with E-state index in [9.17, 15) is 5.11 Å². The van der Waals surface area contributed by atoms with E-state index in [1.165, 1.54) is 6.26 Å². The van der Waals surface area contributed by atoms with Crippen molar-refractivity contribution in [1.82, 2.24) is 0 Å². The second-order valence-corrected chi connectivity index (χ2v) is 2.52. The summed E-state index contributed by atoms with van der Waals surface area (Å²) in [6.45, 7) is 8.50. The zero-order valence-corrected chi connectivity index (χ0v) is 7.33. The van der Waals surface area contributed by atoms with Gasteiger partial charge in [0.25, 0.3) is 0 Å². The average molecular weight is 160 g/mol. The van der Waals surface area contributed by atoms with E-state index < -0.39 is 12.1 Å². The van der Waals surface area contributed by atoms with Gasteiger partial charge in [-0.05, 0) is 20.3 Å². The minimum atomic E-state index is -1.11. The van der Waals surface area contributed by atoms with Crippen LogP contribution in [0.1, 0.15) is 27.2 Å². The maximum absolute atomic E-state index is 9.38. The van der Waals surface area contributed by atoms with Crippen molar-refractivity contribution in [2.75, 3.05) is 0 Å². The molecule has 0 aliphatic rings. The Kier molecular flexibility index (Phi) is 4.15. The van der Waals surface area contributed by atoms with Crippen molar-refractivity contribution in [3.63, 3.8) is 0 Å². The van der Waals surface area contributed by atoms with Crippen LogP contribution in [0, 0.1) is 0 Å². The normalized spacial score (nSPS) is 18.5. The molecule has 0 aromatic rings. The zero-order valence-electron chi connectivity index (χ0n) is 7.33. The summed E-state index contributed by atoms with van der Waals surface area (Å²) < 4.78 is 9.95. The molecule has 0 spiro atoms. The van der Waals surface area contributed by atoms with Crippen LogP contribution >= 0.6 is 0 Å². The van der Waals surface area contributed by atoms with Crippen molar-refractivity contribution < 1.29 is 14.6 Å². The second kappa shape index (κ2) is 4.36. The monoisotopic (exact) mass is 160 g/mol. The molecular weight excluding hydrogens is 144 g/mol. The van der Waals surface area contributed by atoms with Gasteiger partial charge >= 0.3 is 0 Å². The molecule has 0 aliphatic carbocycles. The molecule has 2 unspecified atom stereocenters. The van der Waals surface area contributed by atoms with Crippen molar-refractivity contribution in [2.45, 2.75) is 39.3 Å². The first kappa shape index (κ1) is 10.5. The Morgan fingerprint density at radius 1 is 1.73 bits per heavy atom. The maximum atomic E-state index is 9.38. The summed E-state index contributed by atoms with van der Waals surface area (Å²) in [6.07, 6.45) is 1.36. The molecule has 1 N–H and O–H groups in total. The van der Waals surface area contributed by atoms with E-state index in [0.29, 0.717) is 6.42 Å². The minimum absolute atomic E-state index is 0.456. The predicted molar refractivity (Wildman–Crippen MR) is 42.7 cm³/mol. The fraction of sp³-hybridized carbons (Fsp3) is 0.750. The summed E-state index contributed by atoms with van der Waals surface area (Å²) in [7, 11) is 0. The van der Waals surface area contributed by atoms with Crippen molar-refractivity contribution >= 4 is 0 Å². The Morgan fingerprint density at radius 3 is 2.64 bits per heavy atom. The number of ether oxygens (including phenoxy) is 2. The quantitative estimate of drug-likeness (QED) is 0.490. The van der Waals surface area contributed by atoms with E-state index in [2.05, 4.69) is 6.58 Å². The summed E-state index contributed by atoms with van der Waals surface area (Å²) >= 11 is 0. The van der Waals surface area contributed by atoms with Crippen molar-refractivity contribution in [3.8, 4) is 0 Å². The third-order valence-electron chi connectivity index (χ3n) is 1.36. The Morgan fingerprint density at radius 2 is 2.27 bits per heavy atom. The van der Waals surface area contributed by atoms with Crippen LogP contribution in [0.3, 0.4) is 0 Å².